The number of benzene rings is 1. The van der Waals surface area contributed by atoms with Crippen LogP contribution in [0.15, 0.2) is 36.5 Å². The molecule has 1 aliphatic carbocycles. The Kier molecular flexibility index (Phi) is 7.11. The molecule has 2 aromatic heterocycles. The fourth-order valence-corrected chi connectivity index (χ4v) is 5.63. The zero-order valence-corrected chi connectivity index (χ0v) is 22.1. The van der Waals surface area contributed by atoms with E-state index in [2.05, 4.69) is 46.0 Å². The number of para-hydroxylation sites is 1. The molecule has 0 unspecified atom stereocenters. The number of hydrogen-bond acceptors (Lipinski definition) is 8. The summed E-state index contributed by atoms with van der Waals surface area (Å²) in [6.07, 6.45) is 6.51. The van der Waals surface area contributed by atoms with Gasteiger partial charge in [-0.05, 0) is 49.3 Å². The van der Waals surface area contributed by atoms with Crippen LogP contribution in [-0.4, -0.2) is 86.5 Å². The highest BCUT2D eigenvalue weighted by atomic mass is 16.5. The molecule has 6 rings (SSSR count). The molecule has 1 saturated carbocycles. The highest BCUT2D eigenvalue weighted by molar-refractivity contribution is 5.91. The van der Waals surface area contributed by atoms with Gasteiger partial charge in [0.2, 0.25) is 0 Å². The molecule has 3 aromatic rings. The van der Waals surface area contributed by atoms with Crippen molar-refractivity contribution in [3.05, 3.63) is 47.9 Å². The average Bonchev–Trinajstić information content (AvgIpc) is 3.81. The van der Waals surface area contributed by atoms with Crippen LogP contribution in [0.25, 0.3) is 10.9 Å². The van der Waals surface area contributed by atoms with Crippen molar-refractivity contribution in [2.75, 3.05) is 76.4 Å². The maximum absolute atomic E-state index is 5.66. The molecule has 0 N–H and O–H groups in total. The van der Waals surface area contributed by atoms with Crippen molar-refractivity contribution in [3.8, 4) is 5.75 Å². The van der Waals surface area contributed by atoms with Gasteiger partial charge in [0.05, 0.1) is 32.0 Å². The van der Waals surface area contributed by atoms with Gasteiger partial charge in [-0.1, -0.05) is 18.2 Å². The maximum Gasteiger partial charge on any atom is 0.140 e. The second-order valence-electron chi connectivity index (χ2n) is 10.6. The Bertz CT molecular complexity index is 1220. The van der Waals surface area contributed by atoms with E-state index in [4.69, 9.17) is 24.4 Å². The van der Waals surface area contributed by atoms with Crippen molar-refractivity contribution in [1.29, 1.82) is 0 Å². The zero-order valence-electron chi connectivity index (χ0n) is 22.1. The van der Waals surface area contributed by atoms with Crippen LogP contribution < -0.4 is 14.5 Å². The lowest BCUT2D eigenvalue weighted by atomic mass is 9.88. The van der Waals surface area contributed by atoms with Gasteiger partial charge < -0.3 is 19.3 Å². The van der Waals surface area contributed by atoms with Gasteiger partial charge in [0.25, 0.3) is 0 Å². The monoisotopic (exact) mass is 502 g/mol. The van der Waals surface area contributed by atoms with Crippen LogP contribution >= 0.6 is 0 Å². The molecule has 2 aliphatic heterocycles. The Balaban J connectivity index is 1.23. The minimum absolute atomic E-state index is 0.505. The topological polar surface area (TPSA) is 66.9 Å². The van der Waals surface area contributed by atoms with Crippen LogP contribution in [0.3, 0.4) is 0 Å². The second kappa shape index (κ2) is 10.8. The molecule has 37 heavy (non-hydrogen) atoms. The number of morpholine rings is 1. The average molecular weight is 503 g/mol. The lowest BCUT2D eigenvalue weighted by molar-refractivity contribution is 0.0393. The van der Waals surface area contributed by atoms with Crippen LogP contribution in [0.4, 0.5) is 11.6 Å². The molecule has 0 amide bonds. The van der Waals surface area contributed by atoms with Crippen molar-refractivity contribution >= 4 is 22.5 Å². The van der Waals surface area contributed by atoms with E-state index < -0.39 is 0 Å². The van der Waals surface area contributed by atoms with Gasteiger partial charge in [-0.2, -0.15) is 0 Å². The highest BCUT2D eigenvalue weighted by Crippen LogP contribution is 2.41. The fourth-order valence-electron chi connectivity index (χ4n) is 5.63. The van der Waals surface area contributed by atoms with Crippen molar-refractivity contribution < 1.29 is 9.47 Å². The Labute approximate surface area is 219 Å². The van der Waals surface area contributed by atoms with E-state index in [0.29, 0.717) is 11.8 Å². The summed E-state index contributed by atoms with van der Waals surface area (Å²) in [6, 6.07) is 10.7. The summed E-state index contributed by atoms with van der Waals surface area (Å²) in [5.74, 6) is 5.06. The number of aromatic nitrogens is 3. The summed E-state index contributed by atoms with van der Waals surface area (Å²) in [7, 11) is 3.90. The Morgan fingerprint density at radius 1 is 1.00 bits per heavy atom. The molecule has 8 nitrogen and oxygen atoms in total. The molecule has 0 spiro atoms. The van der Waals surface area contributed by atoms with Crippen LogP contribution in [-0.2, 0) is 4.74 Å². The number of nitrogens with zero attached hydrogens (tertiary/aromatic N) is 6. The first kappa shape index (κ1) is 24.4. The standard InChI is InChI=1S/C29H38N6O2/c1-33(13-14-34-15-17-37-18-16-34)27-19-24-25(20-30-27)31-28(22-7-8-22)32-29(24)35-11-9-21(10-12-35)23-5-3-4-6-26(23)36-2/h3-6,19-22H,7-18H2,1-2H3. The first-order valence-electron chi connectivity index (χ1n) is 13.8. The number of pyridine rings is 1. The molecule has 0 bridgehead atoms. The third kappa shape index (κ3) is 5.36. The second-order valence-corrected chi connectivity index (χ2v) is 10.6. The minimum Gasteiger partial charge on any atom is -0.496 e. The first-order valence-corrected chi connectivity index (χ1v) is 13.8. The number of ether oxygens (including phenoxy) is 2. The lowest BCUT2D eigenvalue weighted by Crippen LogP contribution is -2.40. The molecule has 4 heterocycles. The van der Waals surface area contributed by atoms with Crippen molar-refractivity contribution in [2.24, 2.45) is 0 Å². The third-order valence-electron chi connectivity index (χ3n) is 8.13. The molecular formula is C29H38N6O2. The molecule has 0 radical (unpaired) electrons. The number of rotatable bonds is 8. The number of fused-ring (bicyclic) bond motifs is 1. The van der Waals surface area contributed by atoms with Crippen molar-refractivity contribution in [1.82, 2.24) is 19.9 Å². The number of methoxy groups -OCH3 is 1. The van der Waals surface area contributed by atoms with Crippen LogP contribution in [0.5, 0.6) is 5.75 Å². The van der Waals surface area contributed by atoms with Crippen molar-refractivity contribution in [2.45, 2.75) is 37.5 Å². The Morgan fingerprint density at radius 3 is 2.54 bits per heavy atom. The van der Waals surface area contributed by atoms with Gasteiger partial charge in [0, 0.05) is 57.6 Å². The summed E-state index contributed by atoms with van der Waals surface area (Å²) in [5.41, 5.74) is 2.29. The van der Waals surface area contributed by atoms with Crippen LogP contribution in [0.1, 0.15) is 48.9 Å². The van der Waals surface area contributed by atoms with E-state index in [-0.39, 0.29) is 0 Å². The molecule has 2 saturated heterocycles. The van der Waals surface area contributed by atoms with E-state index in [1.807, 2.05) is 12.3 Å². The molecule has 3 fully saturated rings. The summed E-state index contributed by atoms with van der Waals surface area (Å²) in [5, 5.41) is 1.11. The predicted octanol–water partition coefficient (Wildman–Crippen LogP) is 4.06. The SMILES string of the molecule is COc1ccccc1C1CCN(c2nc(C3CC3)nc3cnc(N(C)CCN4CCOCC4)cc23)CC1. The predicted molar refractivity (Wildman–Crippen MR) is 147 cm³/mol. The smallest absolute Gasteiger partial charge is 0.140 e. The van der Waals surface area contributed by atoms with Gasteiger partial charge in [-0.15, -0.1) is 0 Å². The molecule has 196 valence electrons. The molecule has 3 aliphatic rings. The zero-order chi connectivity index (χ0) is 25.2. The number of hydrogen-bond donors (Lipinski definition) is 0. The normalized spacial score (nSPS) is 19.4. The highest BCUT2D eigenvalue weighted by Gasteiger charge is 2.30. The number of likely N-dealkylation sites (N-methyl/N-ethyl adjacent to an activating group) is 1. The minimum atomic E-state index is 0.505. The largest absolute Gasteiger partial charge is 0.496 e. The van der Waals surface area contributed by atoms with Gasteiger partial charge in [0.1, 0.15) is 23.2 Å². The summed E-state index contributed by atoms with van der Waals surface area (Å²) in [4.78, 5) is 22.1. The van der Waals surface area contributed by atoms with Gasteiger partial charge in [-0.25, -0.2) is 15.0 Å². The molecule has 8 heteroatoms. The van der Waals surface area contributed by atoms with E-state index in [9.17, 15) is 0 Å². The number of anilines is 2. The summed E-state index contributed by atoms with van der Waals surface area (Å²) >= 11 is 0. The Hall–Kier alpha value is -2.97. The van der Waals surface area contributed by atoms with Crippen LogP contribution in [0.2, 0.25) is 0 Å². The quantitative estimate of drug-likeness (QED) is 0.457. The molecule has 1 aromatic carbocycles. The lowest BCUT2D eigenvalue weighted by Gasteiger charge is -2.34. The molecule has 0 atom stereocenters. The maximum atomic E-state index is 5.66. The summed E-state index contributed by atoms with van der Waals surface area (Å²) < 4.78 is 11.1. The van der Waals surface area contributed by atoms with Gasteiger partial charge in [0.15, 0.2) is 0 Å². The van der Waals surface area contributed by atoms with Crippen LogP contribution in [0, 0.1) is 0 Å². The van der Waals surface area contributed by atoms with Gasteiger partial charge >= 0.3 is 0 Å². The Morgan fingerprint density at radius 2 is 1.78 bits per heavy atom. The van der Waals surface area contributed by atoms with E-state index >= 15 is 0 Å². The van der Waals surface area contributed by atoms with E-state index in [1.54, 1.807) is 7.11 Å². The van der Waals surface area contributed by atoms with Crippen molar-refractivity contribution in [3.63, 3.8) is 0 Å². The third-order valence-corrected chi connectivity index (χ3v) is 8.13. The van der Waals surface area contributed by atoms with Gasteiger partial charge in [-0.3, -0.25) is 4.90 Å². The van der Waals surface area contributed by atoms with E-state index in [1.165, 1.54) is 18.4 Å². The first-order chi connectivity index (χ1) is 18.2. The number of piperidine rings is 1. The summed E-state index contributed by atoms with van der Waals surface area (Å²) in [6.45, 7) is 7.56. The van der Waals surface area contributed by atoms with E-state index in [0.717, 1.165) is 99.4 Å². The fraction of sp³-hybridized carbons (Fsp3) is 0.552. The molecular weight excluding hydrogens is 464 g/mol.